The summed E-state index contributed by atoms with van der Waals surface area (Å²) in [6.45, 7) is 10.7. The summed E-state index contributed by atoms with van der Waals surface area (Å²) in [7, 11) is 0. The van der Waals surface area contributed by atoms with Gasteiger partial charge in [0.1, 0.15) is 5.69 Å². The highest BCUT2D eigenvalue weighted by Crippen LogP contribution is 2.27. The average Bonchev–Trinajstić information content (AvgIpc) is 3.42. The summed E-state index contributed by atoms with van der Waals surface area (Å²) in [6, 6.07) is 5.65. The van der Waals surface area contributed by atoms with Gasteiger partial charge in [-0.3, -0.25) is 14.5 Å². The van der Waals surface area contributed by atoms with E-state index in [9.17, 15) is 9.59 Å². The van der Waals surface area contributed by atoms with E-state index in [1.807, 2.05) is 43.3 Å². The van der Waals surface area contributed by atoms with Gasteiger partial charge in [-0.05, 0) is 45.9 Å². The molecule has 1 fully saturated rings. The van der Waals surface area contributed by atoms with E-state index in [-0.39, 0.29) is 23.9 Å². The molecule has 9 nitrogen and oxygen atoms in total. The quantitative estimate of drug-likeness (QED) is 0.635. The van der Waals surface area contributed by atoms with Gasteiger partial charge in [-0.25, -0.2) is 9.67 Å². The first-order valence-electron chi connectivity index (χ1n) is 11.1. The number of amides is 2. The Labute approximate surface area is 187 Å². The number of hydrogen-bond donors (Lipinski definition) is 1. The Morgan fingerprint density at radius 1 is 1.16 bits per heavy atom. The lowest BCUT2D eigenvalue weighted by Gasteiger charge is -2.34. The van der Waals surface area contributed by atoms with Crippen LogP contribution in [0.5, 0.6) is 0 Å². The van der Waals surface area contributed by atoms with Gasteiger partial charge < -0.3 is 14.6 Å². The van der Waals surface area contributed by atoms with Crippen molar-refractivity contribution in [3.63, 3.8) is 0 Å². The fourth-order valence-corrected chi connectivity index (χ4v) is 3.97. The topological polar surface area (TPSA) is 96.5 Å². The maximum Gasteiger partial charge on any atom is 0.254 e. The predicted octanol–water partition coefficient (Wildman–Crippen LogP) is 2.55. The summed E-state index contributed by atoms with van der Waals surface area (Å²) < 4.78 is 7.37. The van der Waals surface area contributed by atoms with Gasteiger partial charge in [-0.2, -0.15) is 5.10 Å². The van der Waals surface area contributed by atoms with Gasteiger partial charge in [0.15, 0.2) is 11.4 Å². The molecular weight excluding hydrogens is 408 g/mol. The minimum Gasteiger partial charge on any atom is -0.463 e. The second kappa shape index (κ2) is 9.12. The van der Waals surface area contributed by atoms with Crippen LogP contribution in [0.25, 0.3) is 22.5 Å². The van der Waals surface area contributed by atoms with Crippen molar-refractivity contribution in [3.8, 4) is 11.5 Å². The minimum absolute atomic E-state index is 0.0137. The third-order valence-electron chi connectivity index (χ3n) is 5.54. The first-order valence-corrected chi connectivity index (χ1v) is 11.1. The number of carbonyl (C=O) groups is 2. The maximum atomic E-state index is 13.5. The molecule has 1 saturated heterocycles. The van der Waals surface area contributed by atoms with E-state index in [2.05, 4.69) is 15.3 Å². The van der Waals surface area contributed by atoms with Crippen molar-refractivity contribution in [3.05, 3.63) is 36.2 Å². The number of pyridine rings is 1. The Balaban J connectivity index is 1.57. The molecule has 3 aromatic heterocycles. The molecule has 4 heterocycles. The number of aromatic nitrogens is 3. The third kappa shape index (κ3) is 4.52. The molecule has 9 heteroatoms. The number of rotatable bonds is 6. The van der Waals surface area contributed by atoms with Gasteiger partial charge in [0, 0.05) is 38.3 Å². The third-order valence-corrected chi connectivity index (χ3v) is 5.54. The summed E-state index contributed by atoms with van der Waals surface area (Å²) in [5, 5.41) is 8.12. The van der Waals surface area contributed by atoms with E-state index in [4.69, 9.17) is 9.40 Å². The van der Waals surface area contributed by atoms with E-state index in [1.165, 1.54) is 0 Å². The highest BCUT2D eigenvalue weighted by atomic mass is 16.3. The number of fused-ring (bicyclic) bond motifs is 1. The Hall–Kier alpha value is -3.20. The molecule has 0 saturated carbocycles. The highest BCUT2D eigenvalue weighted by molar-refractivity contribution is 6.06. The molecule has 0 atom stereocenters. The zero-order chi connectivity index (χ0) is 22.8. The second-order valence-corrected chi connectivity index (χ2v) is 8.74. The second-order valence-electron chi connectivity index (χ2n) is 8.74. The van der Waals surface area contributed by atoms with Gasteiger partial charge in [0.25, 0.3) is 5.91 Å². The van der Waals surface area contributed by atoms with Crippen molar-refractivity contribution in [1.82, 2.24) is 29.9 Å². The zero-order valence-electron chi connectivity index (χ0n) is 19.0. The molecule has 1 N–H and O–H groups in total. The minimum atomic E-state index is -0.0557. The molecular formula is C23H30N6O3. The Morgan fingerprint density at radius 2 is 1.91 bits per heavy atom. The number of furan rings is 1. The molecule has 2 amide bonds. The predicted molar refractivity (Wildman–Crippen MR) is 121 cm³/mol. The molecule has 0 unspecified atom stereocenters. The van der Waals surface area contributed by atoms with Crippen LogP contribution in [0.1, 0.15) is 44.1 Å². The Kier molecular flexibility index (Phi) is 6.27. The van der Waals surface area contributed by atoms with Gasteiger partial charge in [0.05, 0.1) is 30.0 Å². The van der Waals surface area contributed by atoms with Crippen LogP contribution >= 0.6 is 0 Å². The lowest BCUT2D eigenvalue weighted by molar-refractivity contribution is -0.123. The summed E-state index contributed by atoms with van der Waals surface area (Å²) in [4.78, 5) is 34.2. The lowest BCUT2D eigenvalue weighted by atomic mass is 10.1. The van der Waals surface area contributed by atoms with Crippen molar-refractivity contribution >= 4 is 22.8 Å². The summed E-state index contributed by atoms with van der Waals surface area (Å²) >= 11 is 0. The fourth-order valence-electron chi connectivity index (χ4n) is 3.97. The standard InChI is InChI=1S/C23H30N6O3/c1-15(2)25-21(30)14-27-7-9-28(10-8-27)23(31)17-12-19(20-6-5-11-32-20)26-22-18(17)13-24-29(22)16(3)4/h5-6,11-13,15-16H,7-10,14H2,1-4H3,(H,25,30). The van der Waals surface area contributed by atoms with Crippen LogP contribution < -0.4 is 5.32 Å². The van der Waals surface area contributed by atoms with Crippen LogP contribution in [0, 0.1) is 0 Å². The lowest BCUT2D eigenvalue weighted by Crippen LogP contribution is -2.51. The molecule has 3 aromatic rings. The van der Waals surface area contributed by atoms with E-state index in [0.29, 0.717) is 55.4 Å². The molecule has 0 aliphatic carbocycles. The van der Waals surface area contributed by atoms with E-state index < -0.39 is 0 Å². The van der Waals surface area contributed by atoms with Gasteiger partial charge in [0.2, 0.25) is 5.91 Å². The summed E-state index contributed by atoms with van der Waals surface area (Å²) in [5.41, 5.74) is 1.85. The van der Waals surface area contributed by atoms with Crippen LogP contribution in [0.15, 0.2) is 35.1 Å². The SMILES string of the molecule is CC(C)NC(=O)CN1CCN(C(=O)c2cc(-c3ccco3)nc3c2cnn3C(C)C)CC1. The molecule has 170 valence electrons. The van der Waals surface area contributed by atoms with Crippen molar-refractivity contribution in [2.45, 2.75) is 39.8 Å². The van der Waals surface area contributed by atoms with Crippen LogP contribution in [0.2, 0.25) is 0 Å². The van der Waals surface area contributed by atoms with Crippen molar-refractivity contribution < 1.29 is 14.0 Å². The Bertz CT molecular complexity index is 1090. The number of carbonyl (C=O) groups excluding carboxylic acids is 2. The van der Waals surface area contributed by atoms with Crippen LogP contribution in [-0.2, 0) is 4.79 Å². The van der Waals surface area contributed by atoms with Crippen LogP contribution in [0.4, 0.5) is 0 Å². The number of nitrogens with zero attached hydrogens (tertiary/aromatic N) is 5. The molecule has 0 bridgehead atoms. The van der Waals surface area contributed by atoms with Crippen molar-refractivity contribution in [1.29, 1.82) is 0 Å². The number of nitrogens with one attached hydrogen (secondary N) is 1. The summed E-state index contributed by atoms with van der Waals surface area (Å²) in [6.07, 6.45) is 3.31. The van der Waals surface area contributed by atoms with Crippen molar-refractivity contribution in [2.24, 2.45) is 0 Å². The van der Waals surface area contributed by atoms with E-state index in [0.717, 1.165) is 5.39 Å². The molecule has 0 aromatic carbocycles. The van der Waals surface area contributed by atoms with Crippen molar-refractivity contribution in [2.75, 3.05) is 32.7 Å². The monoisotopic (exact) mass is 438 g/mol. The number of piperazine rings is 1. The molecule has 4 rings (SSSR count). The van der Waals surface area contributed by atoms with Crippen LogP contribution in [0.3, 0.4) is 0 Å². The molecule has 32 heavy (non-hydrogen) atoms. The largest absolute Gasteiger partial charge is 0.463 e. The molecule has 1 aliphatic heterocycles. The zero-order valence-corrected chi connectivity index (χ0v) is 19.0. The van der Waals surface area contributed by atoms with E-state index >= 15 is 0 Å². The molecule has 0 spiro atoms. The van der Waals surface area contributed by atoms with Gasteiger partial charge in [-0.1, -0.05) is 0 Å². The number of hydrogen-bond acceptors (Lipinski definition) is 6. The average molecular weight is 439 g/mol. The smallest absolute Gasteiger partial charge is 0.254 e. The molecule has 0 radical (unpaired) electrons. The van der Waals surface area contributed by atoms with Gasteiger partial charge >= 0.3 is 0 Å². The fraction of sp³-hybridized carbons (Fsp3) is 0.478. The highest BCUT2D eigenvalue weighted by Gasteiger charge is 2.27. The maximum absolute atomic E-state index is 13.5. The van der Waals surface area contributed by atoms with Gasteiger partial charge in [-0.15, -0.1) is 0 Å². The van der Waals surface area contributed by atoms with Crippen LogP contribution in [-0.4, -0.2) is 75.1 Å². The molecule has 1 aliphatic rings. The summed E-state index contributed by atoms with van der Waals surface area (Å²) in [5.74, 6) is 0.568. The first-order chi connectivity index (χ1) is 15.3. The Morgan fingerprint density at radius 3 is 2.53 bits per heavy atom. The first kappa shape index (κ1) is 22.0. The van der Waals surface area contributed by atoms with E-state index in [1.54, 1.807) is 24.6 Å². The normalized spacial score (nSPS) is 15.1.